The van der Waals surface area contributed by atoms with Crippen molar-refractivity contribution in [1.82, 2.24) is 4.90 Å². The molecule has 2 unspecified atom stereocenters. The van der Waals surface area contributed by atoms with Crippen molar-refractivity contribution in [2.24, 2.45) is 0 Å². The maximum atomic E-state index is 10.1. The van der Waals surface area contributed by atoms with Crippen molar-refractivity contribution in [3.8, 4) is 6.07 Å². The molecule has 3 heteroatoms. The molecule has 2 rings (SSSR count). The molecule has 1 fully saturated rings. The van der Waals surface area contributed by atoms with Crippen molar-refractivity contribution in [3.05, 3.63) is 35.4 Å². The maximum absolute atomic E-state index is 10.1. The molecule has 0 bridgehead atoms. The summed E-state index contributed by atoms with van der Waals surface area (Å²) in [5.41, 5.74) is 1.87. The van der Waals surface area contributed by atoms with Crippen molar-refractivity contribution in [3.63, 3.8) is 0 Å². The first-order valence-corrected chi connectivity index (χ1v) is 7.15. The molecule has 1 aromatic rings. The third-order valence-electron chi connectivity index (χ3n) is 3.97. The van der Waals surface area contributed by atoms with E-state index >= 15 is 0 Å². The van der Waals surface area contributed by atoms with E-state index in [-0.39, 0.29) is 12.1 Å². The quantitative estimate of drug-likeness (QED) is 0.903. The Morgan fingerprint density at radius 1 is 1.47 bits per heavy atom. The van der Waals surface area contributed by atoms with Crippen molar-refractivity contribution in [1.29, 1.82) is 5.26 Å². The third-order valence-corrected chi connectivity index (χ3v) is 3.97. The number of benzene rings is 1. The fourth-order valence-electron chi connectivity index (χ4n) is 2.89. The number of hydrogen-bond donors (Lipinski definition) is 1. The van der Waals surface area contributed by atoms with Crippen molar-refractivity contribution in [2.75, 3.05) is 6.54 Å². The van der Waals surface area contributed by atoms with E-state index < -0.39 is 0 Å². The normalized spacial score (nSPS) is 21.8. The van der Waals surface area contributed by atoms with Gasteiger partial charge in [-0.25, -0.2) is 0 Å². The lowest BCUT2D eigenvalue weighted by Crippen LogP contribution is -2.46. The molecule has 19 heavy (non-hydrogen) atoms. The van der Waals surface area contributed by atoms with Gasteiger partial charge in [0.05, 0.1) is 17.7 Å². The molecular weight excluding hydrogens is 236 g/mol. The highest BCUT2D eigenvalue weighted by Crippen LogP contribution is 2.23. The van der Waals surface area contributed by atoms with Crippen LogP contribution in [-0.4, -0.2) is 28.7 Å². The zero-order chi connectivity index (χ0) is 13.7. The summed E-state index contributed by atoms with van der Waals surface area (Å²) in [6.45, 7) is 3.91. The molecule has 102 valence electrons. The molecule has 3 nitrogen and oxygen atoms in total. The lowest BCUT2D eigenvalue weighted by Gasteiger charge is -2.38. The average Bonchev–Trinajstić information content (AvgIpc) is 2.47. The van der Waals surface area contributed by atoms with Crippen LogP contribution in [0.15, 0.2) is 24.3 Å². The van der Waals surface area contributed by atoms with E-state index in [0.717, 1.165) is 31.5 Å². The molecule has 1 saturated heterocycles. The fraction of sp³-hybridized carbons (Fsp3) is 0.562. The van der Waals surface area contributed by atoms with Gasteiger partial charge in [-0.15, -0.1) is 0 Å². The van der Waals surface area contributed by atoms with Gasteiger partial charge in [0.2, 0.25) is 0 Å². The standard InChI is InChI=1S/C16H22N2O/c1-2-16(19)15-8-3-4-9-18(15)12-14-7-5-6-13(10-14)11-17/h5-7,10,15-16,19H,2-4,8-9,12H2,1H3. The first-order chi connectivity index (χ1) is 9.24. The summed E-state index contributed by atoms with van der Waals surface area (Å²) in [5, 5.41) is 19.1. The Hall–Kier alpha value is -1.37. The van der Waals surface area contributed by atoms with E-state index in [0.29, 0.717) is 5.56 Å². The molecule has 1 aromatic carbocycles. The van der Waals surface area contributed by atoms with Gasteiger partial charge in [0.1, 0.15) is 0 Å². The summed E-state index contributed by atoms with van der Waals surface area (Å²) in [7, 11) is 0. The number of likely N-dealkylation sites (tertiary alicyclic amines) is 1. The van der Waals surface area contributed by atoms with Crippen molar-refractivity contribution >= 4 is 0 Å². The summed E-state index contributed by atoms with van der Waals surface area (Å²) in [5.74, 6) is 0. The Morgan fingerprint density at radius 3 is 3.05 bits per heavy atom. The summed E-state index contributed by atoms with van der Waals surface area (Å²) in [4.78, 5) is 2.37. The van der Waals surface area contributed by atoms with Gasteiger partial charge in [0, 0.05) is 12.6 Å². The molecule has 1 heterocycles. The van der Waals surface area contributed by atoms with Gasteiger partial charge in [-0.05, 0) is 43.5 Å². The van der Waals surface area contributed by atoms with E-state index in [1.165, 1.54) is 12.8 Å². The largest absolute Gasteiger partial charge is 0.392 e. The number of piperidine rings is 1. The third kappa shape index (κ3) is 3.56. The highest BCUT2D eigenvalue weighted by Gasteiger charge is 2.27. The number of nitrogens with zero attached hydrogens (tertiary/aromatic N) is 2. The summed E-state index contributed by atoms with van der Waals surface area (Å²) in [6, 6.07) is 10.2. The number of aliphatic hydroxyl groups is 1. The molecule has 2 atom stereocenters. The van der Waals surface area contributed by atoms with Crippen LogP contribution in [0.3, 0.4) is 0 Å². The van der Waals surface area contributed by atoms with Crippen LogP contribution in [0.4, 0.5) is 0 Å². The molecule has 1 aliphatic heterocycles. The Morgan fingerprint density at radius 2 is 2.32 bits per heavy atom. The van der Waals surface area contributed by atoms with Gasteiger partial charge in [-0.1, -0.05) is 25.5 Å². The molecule has 0 aliphatic carbocycles. The molecule has 0 spiro atoms. The van der Waals surface area contributed by atoms with Gasteiger partial charge >= 0.3 is 0 Å². The predicted octanol–water partition coefficient (Wildman–Crippen LogP) is 2.68. The van der Waals surface area contributed by atoms with Gasteiger partial charge in [-0.3, -0.25) is 4.90 Å². The summed E-state index contributed by atoms with van der Waals surface area (Å²) in [6.07, 6.45) is 4.05. The fourth-order valence-corrected chi connectivity index (χ4v) is 2.89. The zero-order valence-electron chi connectivity index (χ0n) is 11.5. The first kappa shape index (κ1) is 14.0. The lowest BCUT2D eigenvalue weighted by molar-refractivity contribution is 0.0195. The van der Waals surface area contributed by atoms with Crippen molar-refractivity contribution in [2.45, 2.75) is 51.3 Å². The molecule has 0 radical (unpaired) electrons. The first-order valence-electron chi connectivity index (χ1n) is 7.15. The Bertz CT molecular complexity index is 452. The Balaban J connectivity index is 2.08. The number of aliphatic hydroxyl groups excluding tert-OH is 1. The Kier molecular flexibility index (Phi) is 4.95. The van der Waals surface area contributed by atoms with Crippen LogP contribution in [0.5, 0.6) is 0 Å². The maximum Gasteiger partial charge on any atom is 0.0991 e. The van der Waals surface area contributed by atoms with Crippen molar-refractivity contribution < 1.29 is 5.11 Å². The minimum absolute atomic E-state index is 0.237. The van der Waals surface area contributed by atoms with Gasteiger partial charge < -0.3 is 5.11 Å². The summed E-state index contributed by atoms with van der Waals surface area (Å²) < 4.78 is 0. The van der Waals surface area contributed by atoms with E-state index in [9.17, 15) is 5.11 Å². The number of hydrogen-bond acceptors (Lipinski definition) is 3. The predicted molar refractivity (Wildman–Crippen MR) is 75.5 cm³/mol. The van der Waals surface area contributed by atoms with Gasteiger partial charge in [0.25, 0.3) is 0 Å². The average molecular weight is 258 g/mol. The van der Waals surface area contributed by atoms with Crippen LogP contribution in [0, 0.1) is 11.3 Å². The SMILES string of the molecule is CCC(O)C1CCCCN1Cc1cccc(C#N)c1. The second-order valence-corrected chi connectivity index (χ2v) is 5.32. The van der Waals surface area contributed by atoms with Crippen LogP contribution < -0.4 is 0 Å². The highest BCUT2D eigenvalue weighted by atomic mass is 16.3. The van der Waals surface area contributed by atoms with E-state index in [1.807, 2.05) is 25.1 Å². The van der Waals surface area contributed by atoms with E-state index in [2.05, 4.69) is 17.0 Å². The van der Waals surface area contributed by atoms with Gasteiger partial charge in [0.15, 0.2) is 0 Å². The van der Waals surface area contributed by atoms with Crippen LogP contribution in [0.2, 0.25) is 0 Å². The molecule has 0 saturated carbocycles. The minimum Gasteiger partial charge on any atom is -0.392 e. The van der Waals surface area contributed by atoms with E-state index in [1.54, 1.807) is 0 Å². The second-order valence-electron chi connectivity index (χ2n) is 5.32. The monoisotopic (exact) mass is 258 g/mol. The molecule has 0 aromatic heterocycles. The number of rotatable bonds is 4. The van der Waals surface area contributed by atoms with Crippen LogP contribution >= 0.6 is 0 Å². The minimum atomic E-state index is -0.237. The smallest absolute Gasteiger partial charge is 0.0991 e. The van der Waals surface area contributed by atoms with Crippen LogP contribution in [0.1, 0.15) is 43.7 Å². The topological polar surface area (TPSA) is 47.3 Å². The number of nitriles is 1. The molecule has 0 amide bonds. The van der Waals surface area contributed by atoms with Gasteiger partial charge in [-0.2, -0.15) is 5.26 Å². The highest BCUT2D eigenvalue weighted by molar-refractivity contribution is 5.32. The molecule has 1 aliphatic rings. The Labute approximate surface area is 115 Å². The zero-order valence-corrected chi connectivity index (χ0v) is 11.5. The molecular formula is C16H22N2O. The lowest BCUT2D eigenvalue weighted by atomic mass is 9.95. The van der Waals surface area contributed by atoms with Crippen LogP contribution in [0.25, 0.3) is 0 Å². The van der Waals surface area contributed by atoms with E-state index in [4.69, 9.17) is 5.26 Å². The summed E-state index contributed by atoms with van der Waals surface area (Å²) >= 11 is 0. The molecule has 1 N–H and O–H groups in total. The second kappa shape index (κ2) is 6.70. The van der Waals surface area contributed by atoms with Crippen LogP contribution in [-0.2, 0) is 6.54 Å².